The SMILES string of the molecule is Cc1cc([C@H](N)C(F)(F)F)ncc1-c1ccc2ccncc2c1. The third-order valence-electron chi connectivity index (χ3n) is 3.75. The lowest BCUT2D eigenvalue weighted by molar-refractivity contribution is -0.150. The van der Waals surface area contributed by atoms with Crippen molar-refractivity contribution in [2.24, 2.45) is 5.73 Å². The van der Waals surface area contributed by atoms with E-state index in [1.165, 1.54) is 12.3 Å². The second-order valence-corrected chi connectivity index (χ2v) is 5.38. The highest BCUT2D eigenvalue weighted by atomic mass is 19.4. The fourth-order valence-electron chi connectivity index (χ4n) is 2.47. The third kappa shape index (κ3) is 3.03. The first kappa shape index (κ1) is 15.4. The molecule has 0 bridgehead atoms. The van der Waals surface area contributed by atoms with E-state index in [1.54, 1.807) is 19.3 Å². The first-order chi connectivity index (χ1) is 10.9. The monoisotopic (exact) mass is 317 g/mol. The summed E-state index contributed by atoms with van der Waals surface area (Å²) in [6.07, 6.45) is 0.390. The van der Waals surface area contributed by atoms with E-state index in [-0.39, 0.29) is 5.69 Å². The van der Waals surface area contributed by atoms with Gasteiger partial charge in [-0.2, -0.15) is 13.2 Å². The Morgan fingerprint density at radius 1 is 1.04 bits per heavy atom. The maximum Gasteiger partial charge on any atom is 0.409 e. The van der Waals surface area contributed by atoms with Crippen molar-refractivity contribution in [2.45, 2.75) is 19.1 Å². The molecule has 3 nitrogen and oxygen atoms in total. The van der Waals surface area contributed by atoms with Crippen molar-refractivity contribution < 1.29 is 13.2 Å². The van der Waals surface area contributed by atoms with Crippen molar-refractivity contribution >= 4 is 10.8 Å². The number of halogens is 3. The molecule has 0 aliphatic heterocycles. The Bertz CT molecular complexity index is 859. The van der Waals surface area contributed by atoms with Crippen LogP contribution < -0.4 is 5.73 Å². The summed E-state index contributed by atoms with van der Waals surface area (Å²) >= 11 is 0. The van der Waals surface area contributed by atoms with Gasteiger partial charge in [0.25, 0.3) is 0 Å². The number of alkyl halides is 3. The summed E-state index contributed by atoms with van der Waals surface area (Å²) in [5, 5.41) is 2.01. The Hall–Kier alpha value is -2.47. The Kier molecular flexibility index (Phi) is 3.77. The van der Waals surface area contributed by atoms with Crippen molar-refractivity contribution in [2.75, 3.05) is 0 Å². The number of benzene rings is 1. The molecule has 0 amide bonds. The molecular weight excluding hydrogens is 303 g/mol. The summed E-state index contributed by atoms with van der Waals surface area (Å²) in [6.45, 7) is 1.75. The summed E-state index contributed by atoms with van der Waals surface area (Å²) in [4.78, 5) is 7.98. The fourth-order valence-corrected chi connectivity index (χ4v) is 2.47. The quantitative estimate of drug-likeness (QED) is 0.772. The number of nitrogens with two attached hydrogens (primary N) is 1. The van der Waals surface area contributed by atoms with Crippen molar-refractivity contribution in [3.8, 4) is 11.1 Å². The molecule has 23 heavy (non-hydrogen) atoms. The van der Waals surface area contributed by atoms with Gasteiger partial charge in [-0.05, 0) is 41.6 Å². The van der Waals surface area contributed by atoms with Gasteiger partial charge in [-0.3, -0.25) is 9.97 Å². The average molecular weight is 317 g/mol. The predicted octanol–water partition coefficient (Wildman–Crippen LogP) is 4.17. The van der Waals surface area contributed by atoms with E-state index in [2.05, 4.69) is 9.97 Å². The van der Waals surface area contributed by atoms with Crippen LogP contribution in [0.2, 0.25) is 0 Å². The maximum absolute atomic E-state index is 12.7. The Balaban J connectivity index is 2.02. The second-order valence-electron chi connectivity index (χ2n) is 5.38. The van der Waals surface area contributed by atoms with Gasteiger partial charge in [0.05, 0.1) is 5.69 Å². The first-order valence-electron chi connectivity index (χ1n) is 6.99. The molecule has 0 spiro atoms. The van der Waals surface area contributed by atoms with Crippen molar-refractivity contribution in [3.05, 3.63) is 60.2 Å². The summed E-state index contributed by atoms with van der Waals surface area (Å²) < 4.78 is 38.1. The molecule has 0 aliphatic rings. The largest absolute Gasteiger partial charge is 0.409 e. The number of pyridine rings is 2. The van der Waals surface area contributed by atoms with Crippen LogP contribution in [0.1, 0.15) is 17.3 Å². The minimum atomic E-state index is -4.50. The topological polar surface area (TPSA) is 51.8 Å². The molecule has 0 saturated heterocycles. The summed E-state index contributed by atoms with van der Waals surface area (Å²) in [6, 6.07) is 7.01. The standard InChI is InChI=1S/C17H14F3N3/c1-10-6-15(16(21)17(18,19)20)23-9-14(10)12-3-2-11-4-5-22-8-13(11)7-12/h2-9,16H,21H2,1H3/t16-/m0/s1. The van der Waals surface area contributed by atoms with Gasteiger partial charge in [0.15, 0.2) is 0 Å². The van der Waals surface area contributed by atoms with Crippen LogP contribution in [0, 0.1) is 6.92 Å². The predicted molar refractivity (Wildman–Crippen MR) is 82.7 cm³/mol. The van der Waals surface area contributed by atoms with E-state index in [0.29, 0.717) is 5.56 Å². The number of rotatable bonds is 2. The van der Waals surface area contributed by atoms with Gasteiger partial charge in [0.2, 0.25) is 0 Å². The van der Waals surface area contributed by atoms with Gasteiger partial charge >= 0.3 is 6.18 Å². The fraction of sp³-hybridized carbons (Fsp3) is 0.176. The number of fused-ring (bicyclic) bond motifs is 1. The molecule has 1 aromatic carbocycles. The average Bonchev–Trinajstić information content (AvgIpc) is 2.52. The molecule has 0 aliphatic carbocycles. The third-order valence-corrected chi connectivity index (χ3v) is 3.75. The molecule has 2 heterocycles. The van der Waals surface area contributed by atoms with E-state index in [1.807, 2.05) is 24.3 Å². The number of aryl methyl sites for hydroxylation is 1. The van der Waals surface area contributed by atoms with E-state index >= 15 is 0 Å². The molecule has 0 saturated carbocycles. The molecular formula is C17H14F3N3. The molecule has 0 unspecified atom stereocenters. The van der Waals surface area contributed by atoms with Crippen LogP contribution in [0.5, 0.6) is 0 Å². The minimum Gasteiger partial charge on any atom is -0.315 e. The molecule has 1 atom stereocenters. The van der Waals surface area contributed by atoms with E-state index in [0.717, 1.165) is 21.9 Å². The van der Waals surface area contributed by atoms with Gasteiger partial charge in [-0.25, -0.2) is 0 Å². The van der Waals surface area contributed by atoms with Gasteiger partial charge in [0.1, 0.15) is 6.04 Å². The molecule has 2 N–H and O–H groups in total. The Morgan fingerprint density at radius 2 is 1.83 bits per heavy atom. The number of aromatic nitrogens is 2. The van der Waals surface area contributed by atoms with Gasteiger partial charge in [0, 0.05) is 29.5 Å². The lowest BCUT2D eigenvalue weighted by atomic mass is 9.99. The second kappa shape index (κ2) is 5.62. The van der Waals surface area contributed by atoms with Crippen molar-refractivity contribution in [1.82, 2.24) is 9.97 Å². The highest BCUT2D eigenvalue weighted by molar-refractivity contribution is 5.86. The molecule has 0 radical (unpaired) electrons. The zero-order valence-electron chi connectivity index (χ0n) is 12.3. The number of hydrogen-bond donors (Lipinski definition) is 1. The van der Waals surface area contributed by atoms with Crippen molar-refractivity contribution in [3.63, 3.8) is 0 Å². The minimum absolute atomic E-state index is 0.179. The van der Waals surface area contributed by atoms with Crippen LogP contribution >= 0.6 is 0 Å². The zero-order valence-corrected chi connectivity index (χ0v) is 12.3. The van der Waals surface area contributed by atoms with Crippen LogP contribution in [0.3, 0.4) is 0 Å². The van der Waals surface area contributed by atoms with Crippen LogP contribution in [0.4, 0.5) is 13.2 Å². The van der Waals surface area contributed by atoms with Crippen LogP contribution in [-0.2, 0) is 0 Å². The van der Waals surface area contributed by atoms with Gasteiger partial charge < -0.3 is 5.73 Å². The maximum atomic E-state index is 12.7. The number of nitrogens with zero attached hydrogens (tertiary/aromatic N) is 2. The smallest absolute Gasteiger partial charge is 0.315 e. The molecule has 2 aromatic heterocycles. The number of hydrogen-bond acceptors (Lipinski definition) is 3. The van der Waals surface area contributed by atoms with E-state index in [9.17, 15) is 13.2 Å². The molecule has 3 rings (SSSR count). The zero-order chi connectivity index (χ0) is 16.6. The summed E-state index contributed by atoms with van der Waals surface area (Å²) in [5.41, 5.74) is 7.37. The Labute approximate surface area is 131 Å². The highest BCUT2D eigenvalue weighted by Gasteiger charge is 2.38. The lowest BCUT2D eigenvalue weighted by Gasteiger charge is -2.16. The lowest BCUT2D eigenvalue weighted by Crippen LogP contribution is -2.29. The summed E-state index contributed by atoms with van der Waals surface area (Å²) in [5.74, 6) is 0. The van der Waals surface area contributed by atoms with E-state index < -0.39 is 12.2 Å². The van der Waals surface area contributed by atoms with Gasteiger partial charge in [-0.1, -0.05) is 12.1 Å². The van der Waals surface area contributed by atoms with Crippen LogP contribution in [-0.4, -0.2) is 16.1 Å². The normalized spacial score (nSPS) is 13.3. The summed E-state index contributed by atoms with van der Waals surface area (Å²) in [7, 11) is 0. The first-order valence-corrected chi connectivity index (χ1v) is 6.99. The molecule has 3 aromatic rings. The molecule has 0 fully saturated rings. The van der Waals surface area contributed by atoms with E-state index in [4.69, 9.17) is 5.73 Å². The highest BCUT2D eigenvalue weighted by Crippen LogP contribution is 2.32. The van der Waals surface area contributed by atoms with Crippen molar-refractivity contribution in [1.29, 1.82) is 0 Å². The van der Waals surface area contributed by atoms with Crippen LogP contribution in [0.15, 0.2) is 48.9 Å². The molecule has 118 valence electrons. The molecule has 6 heteroatoms. The Morgan fingerprint density at radius 3 is 2.52 bits per heavy atom. The van der Waals surface area contributed by atoms with Gasteiger partial charge in [-0.15, -0.1) is 0 Å². The van der Waals surface area contributed by atoms with Crippen LogP contribution in [0.25, 0.3) is 21.9 Å².